The van der Waals surface area contributed by atoms with Gasteiger partial charge in [-0.3, -0.25) is 4.79 Å². The van der Waals surface area contributed by atoms with Crippen LogP contribution in [0.5, 0.6) is 5.75 Å². The van der Waals surface area contributed by atoms with Gasteiger partial charge in [0.1, 0.15) is 5.75 Å². The molecule has 108 valence electrons. The first-order valence-electron chi connectivity index (χ1n) is 7.37. The highest BCUT2D eigenvalue weighted by molar-refractivity contribution is 5.84. The second-order valence-corrected chi connectivity index (χ2v) is 6.32. The van der Waals surface area contributed by atoms with Crippen molar-refractivity contribution in [2.75, 3.05) is 26.2 Å². The molecule has 1 aromatic carbocycles. The first-order chi connectivity index (χ1) is 9.58. The van der Waals surface area contributed by atoms with Crippen LogP contribution in [0.25, 0.3) is 0 Å². The van der Waals surface area contributed by atoms with Crippen LogP contribution in [0.3, 0.4) is 0 Å². The zero-order valence-electron chi connectivity index (χ0n) is 11.9. The maximum atomic E-state index is 12.4. The summed E-state index contributed by atoms with van der Waals surface area (Å²) in [6.07, 6.45) is 2.03. The monoisotopic (exact) mass is 274 g/mol. The number of aromatic hydroxyl groups is 1. The summed E-state index contributed by atoms with van der Waals surface area (Å²) in [4.78, 5) is 14.5. The van der Waals surface area contributed by atoms with E-state index in [0.29, 0.717) is 17.6 Å². The molecule has 2 aliphatic rings. The molecular weight excluding hydrogens is 252 g/mol. The van der Waals surface area contributed by atoms with Gasteiger partial charge in [-0.2, -0.15) is 0 Å². The molecule has 2 saturated heterocycles. The number of nitrogens with zero attached hydrogens (tertiary/aromatic N) is 1. The van der Waals surface area contributed by atoms with Gasteiger partial charge in [0.05, 0.1) is 5.41 Å². The van der Waals surface area contributed by atoms with Crippen molar-refractivity contribution in [3.05, 3.63) is 29.8 Å². The van der Waals surface area contributed by atoms with Crippen molar-refractivity contribution < 1.29 is 9.90 Å². The molecule has 4 nitrogen and oxygen atoms in total. The number of rotatable bonds is 2. The molecular formula is C16H22N2O2. The number of hydrogen-bond acceptors (Lipinski definition) is 3. The first-order valence-corrected chi connectivity index (χ1v) is 7.37. The molecule has 2 heterocycles. The van der Waals surface area contributed by atoms with Gasteiger partial charge in [-0.1, -0.05) is 12.1 Å². The number of amides is 1. The van der Waals surface area contributed by atoms with Crippen molar-refractivity contribution in [1.29, 1.82) is 0 Å². The Balaban J connectivity index is 1.59. The van der Waals surface area contributed by atoms with Crippen LogP contribution in [0, 0.1) is 5.41 Å². The Kier molecular flexibility index (Phi) is 3.42. The standard InChI is InChI=1S/C16H22N2O2/c1-16(10-17-11-16)15(20)18-8-6-13(7-9-18)12-2-4-14(19)5-3-12/h2-5,13,17,19H,6-11H2,1H3. The van der Waals surface area contributed by atoms with E-state index in [1.807, 2.05) is 17.0 Å². The summed E-state index contributed by atoms with van der Waals surface area (Å²) in [6, 6.07) is 7.48. The van der Waals surface area contributed by atoms with E-state index >= 15 is 0 Å². The fourth-order valence-electron chi connectivity index (χ4n) is 3.20. The molecule has 1 aromatic rings. The van der Waals surface area contributed by atoms with Crippen LogP contribution in [0.4, 0.5) is 0 Å². The van der Waals surface area contributed by atoms with Gasteiger partial charge in [-0.05, 0) is 43.4 Å². The van der Waals surface area contributed by atoms with Gasteiger partial charge in [-0.25, -0.2) is 0 Å². The highest BCUT2D eigenvalue weighted by atomic mass is 16.3. The van der Waals surface area contributed by atoms with Crippen molar-refractivity contribution in [3.63, 3.8) is 0 Å². The fourth-order valence-corrected chi connectivity index (χ4v) is 3.20. The first kappa shape index (κ1) is 13.4. The van der Waals surface area contributed by atoms with E-state index in [1.54, 1.807) is 12.1 Å². The van der Waals surface area contributed by atoms with E-state index in [9.17, 15) is 9.90 Å². The third kappa shape index (κ3) is 2.40. The smallest absolute Gasteiger partial charge is 0.231 e. The lowest BCUT2D eigenvalue weighted by Crippen LogP contribution is -2.61. The summed E-state index contributed by atoms with van der Waals surface area (Å²) < 4.78 is 0. The Hall–Kier alpha value is -1.55. The molecule has 0 bridgehead atoms. The van der Waals surface area contributed by atoms with Crippen LogP contribution in [0.15, 0.2) is 24.3 Å². The molecule has 2 aliphatic heterocycles. The van der Waals surface area contributed by atoms with E-state index in [-0.39, 0.29) is 5.41 Å². The lowest BCUT2D eigenvalue weighted by atomic mass is 9.81. The maximum absolute atomic E-state index is 12.4. The third-order valence-corrected chi connectivity index (χ3v) is 4.69. The minimum atomic E-state index is -0.175. The number of carbonyl (C=O) groups is 1. The Bertz CT molecular complexity index is 486. The Morgan fingerprint density at radius 3 is 2.35 bits per heavy atom. The van der Waals surface area contributed by atoms with Crippen molar-refractivity contribution in [2.45, 2.75) is 25.7 Å². The molecule has 3 rings (SSSR count). The quantitative estimate of drug-likeness (QED) is 0.863. The Morgan fingerprint density at radius 2 is 1.85 bits per heavy atom. The van der Waals surface area contributed by atoms with Gasteiger partial charge in [0, 0.05) is 26.2 Å². The average molecular weight is 274 g/mol. The third-order valence-electron chi connectivity index (χ3n) is 4.69. The van der Waals surface area contributed by atoms with Crippen LogP contribution in [-0.4, -0.2) is 42.1 Å². The molecule has 1 amide bonds. The van der Waals surface area contributed by atoms with Gasteiger partial charge >= 0.3 is 0 Å². The molecule has 0 aliphatic carbocycles. The summed E-state index contributed by atoms with van der Waals surface area (Å²) in [7, 11) is 0. The molecule has 2 fully saturated rings. The van der Waals surface area contributed by atoms with Crippen LogP contribution >= 0.6 is 0 Å². The molecule has 0 saturated carbocycles. The van der Waals surface area contributed by atoms with Gasteiger partial charge in [0.25, 0.3) is 0 Å². The van der Waals surface area contributed by atoms with Crippen molar-refractivity contribution in [3.8, 4) is 5.75 Å². The second kappa shape index (κ2) is 5.09. The van der Waals surface area contributed by atoms with Gasteiger partial charge in [0.15, 0.2) is 0 Å². The number of likely N-dealkylation sites (tertiary alicyclic amines) is 1. The van der Waals surface area contributed by atoms with Crippen LogP contribution in [0.2, 0.25) is 0 Å². The normalized spacial score (nSPS) is 22.4. The topological polar surface area (TPSA) is 52.6 Å². The van der Waals surface area contributed by atoms with E-state index < -0.39 is 0 Å². The predicted molar refractivity (Wildman–Crippen MR) is 77.6 cm³/mol. The molecule has 0 aromatic heterocycles. The molecule has 2 N–H and O–H groups in total. The highest BCUT2D eigenvalue weighted by Gasteiger charge is 2.42. The predicted octanol–water partition coefficient (Wildman–Crippen LogP) is 1.71. The number of hydrogen-bond donors (Lipinski definition) is 2. The summed E-state index contributed by atoms with van der Waals surface area (Å²) in [5, 5.41) is 12.5. The fraction of sp³-hybridized carbons (Fsp3) is 0.562. The summed E-state index contributed by atoms with van der Waals surface area (Å²) in [5.74, 6) is 1.12. The molecule has 0 unspecified atom stereocenters. The van der Waals surface area contributed by atoms with E-state index in [0.717, 1.165) is 39.0 Å². The maximum Gasteiger partial charge on any atom is 0.231 e. The highest BCUT2D eigenvalue weighted by Crippen LogP contribution is 2.32. The number of carbonyl (C=O) groups excluding carboxylic acids is 1. The second-order valence-electron chi connectivity index (χ2n) is 6.32. The van der Waals surface area contributed by atoms with Crippen LogP contribution < -0.4 is 5.32 Å². The van der Waals surface area contributed by atoms with E-state index in [4.69, 9.17) is 0 Å². The molecule has 0 radical (unpaired) electrons. The molecule has 0 spiro atoms. The average Bonchev–Trinajstić information content (AvgIpc) is 2.45. The summed E-state index contributed by atoms with van der Waals surface area (Å²) in [6.45, 7) is 5.37. The number of phenolic OH excluding ortho intramolecular Hbond substituents is 1. The Labute approximate surface area is 119 Å². The number of benzene rings is 1. The minimum Gasteiger partial charge on any atom is -0.508 e. The summed E-state index contributed by atoms with van der Waals surface area (Å²) in [5.41, 5.74) is 1.09. The molecule has 4 heteroatoms. The number of phenols is 1. The van der Waals surface area contributed by atoms with Gasteiger partial charge in [-0.15, -0.1) is 0 Å². The van der Waals surface area contributed by atoms with Gasteiger partial charge in [0.2, 0.25) is 5.91 Å². The van der Waals surface area contributed by atoms with Crippen LogP contribution in [-0.2, 0) is 4.79 Å². The molecule has 20 heavy (non-hydrogen) atoms. The SMILES string of the molecule is CC1(C(=O)N2CCC(c3ccc(O)cc3)CC2)CNC1. The zero-order chi connectivity index (χ0) is 14.2. The van der Waals surface area contributed by atoms with E-state index in [2.05, 4.69) is 12.2 Å². The lowest BCUT2D eigenvalue weighted by molar-refractivity contribution is -0.145. The largest absolute Gasteiger partial charge is 0.508 e. The van der Waals surface area contributed by atoms with Crippen molar-refractivity contribution >= 4 is 5.91 Å². The van der Waals surface area contributed by atoms with E-state index in [1.165, 1.54) is 5.56 Å². The number of piperidine rings is 1. The summed E-state index contributed by atoms with van der Waals surface area (Å²) >= 11 is 0. The zero-order valence-corrected chi connectivity index (χ0v) is 11.9. The van der Waals surface area contributed by atoms with Crippen molar-refractivity contribution in [1.82, 2.24) is 10.2 Å². The molecule has 0 atom stereocenters. The minimum absolute atomic E-state index is 0.175. The van der Waals surface area contributed by atoms with Crippen LogP contribution in [0.1, 0.15) is 31.2 Å². The van der Waals surface area contributed by atoms with Crippen molar-refractivity contribution in [2.24, 2.45) is 5.41 Å². The van der Waals surface area contributed by atoms with Gasteiger partial charge < -0.3 is 15.3 Å². The number of nitrogens with one attached hydrogen (secondary N) is 1. The Morgan fingerprint density at radius 1 is 1.25 bits per heavy atom. The lowest BCUT2D eigenvalue weighted by Gasteiger charge is -2.43.